The molecular weight excluding hydrogens is 140 g/mol. The van der Waals surface area contributed by atoms with Crippen molar-refractivity contribution < 1.29 is 13.2 Å². The molecule has 0 saturated heterocycles. The zero-order chi connectivity index (χ0) is 6.91. The lowest BCUT2D eigenvalue weighted by Gasteiger charge is -2.00. The van der Waals surface area contributed by atoms with Crippen LogP contribution >= 0.6 is 0 Å². The summed E-state index contributed by atoms with van der Waals surface area (Å²) in [6.07, 6.45) is 1.32. The SMILES string of the molecule is CO[C@H]1C=CS(=O)(=O)C1. The molecule has 1 aliphatic rings. The number of ether oxygens (including phenoxy) is 1. The Morgan fingerprint density at radius 2 is 2.33 bits per heavy atom. The maximum atomic E-state index is 10.6. The lowest BCUT2D eigenvalue weighted by molar-refractivity contribution is 0.160. The van der Waals surface area contributed by atoms with Crippen molar-refractivity contribution in [2.75, 3.05) is 12.9 Å². The van der Waals surface area contributed by atoms with Crippen LogP contribution in [0.4, 0.5) is 0 Å². The van der Waals surface area contributed by atoms with Gasteiger partial charge in [-0.3, -0.25) is 0 Å². The van der Waals surface area contributed by atoms with Gasteiger partial charge < -0.3 is 4.74 Å². The second-order valence-corrected chi connectivity index (χ2v) is 3.86. The Kier molecular flexibility index (Phi) is 1.59. The first-order valence-electron chi connectivity index (χ1n) is 2.58. The van der Waals surface area contributed by atoms with E-state index in [2.05, 4.69) is 0 Å². The summed E-state index contributed by atoms with van der Waals surface area (Å²) in [6, 6.07) is 0. The van der Waals surface area contributed by atoms with Gasteiger partial charge in [0.1, 0.15) is 0 Å². The van der Waals surface area contributed by atoms with E-state index < -0.39 is 9.84 Å². The van der Waals surface area contributed by atoms with E-state index in [0.717, 1.165) is 0 Å². The van der Waals surface area contributed by atoms with E-state index in [-0.39, 0.29) is 11.9 Å². The molecule has 0 aromatic rings. The predicted octanol–water partition coefficient (Wildman–Crippen LogP) is -0.0565. The smallest absolute Gasteiger partial charge is 0.174 e. The van der Waals surface area contributed by atoms with Gasteiger partial charge in [-0.05, 0) is 6.08 Å². The molecule has 9 heavy (non-hydrogen) atoms. The van der Waals surface area contributed by atoms with Crippen molar-refractivity contribution >= 4 is 9.84 Å². The Hall–Kier alpha value is -0.350. The fraction of sp³-hybridized carbons (Fsp3) is 0.600. The van der Waals surface area contributed by atoms with Crippen LogP contribution in [0.2, 0.25) is 0 Å². The quantitative estimate of drug-likeness (QED) is 0.523. The molecule has 0 saturated carbocycles. The molecule has 1 heterocycles. The topological polar surface area (TPSA) is 43.4 Å². The maximum Gasteiger partial charge on any atom is 0.174 e. The number of sulfone groups is 1. The van der Waals surface area contributed by atoms with Gasteiger partial charge in [0.05, 0.1) is 11.9 Å². The highest BCUT2D eigenvalue weighted by Crippen LogP contribution is 2.09. The summed E-state index contributed by atoms with van der Waals surface area (Å²) in [5.74, 6) is 0.101. The molecule has 0 amide bonds. The molecule has 0 unspecified atom stereocenters. The lowest BCUT2D eigenvalue weighted by Crippen LogP contribution is -2.12. The van der Waals surface area contributed by atoms with Crippen LogP contribution in [0.5, 0.6) is 0 Å². The molecule has 1 aliphatic heterocycles. The highest BCUT2D eigenvalue weighted by atomic mass is 32.2. The Bertz CT molecular complexity index is 214. The first-order valence-corrected chi connectivity index (χ1v) is 4.29. The van der Waals surface area contributed by atoms with E-state index in [9.17, 15) is 8.42 Å². The summed E-state index contributed by atoms with van der Waals surface area (Å²) < 4.78 is 26.0. The van der Waals surface area contributed by atoms with E-state index in [4.69, 9.17) is 4.74 Å². The molecule has 0 aromatic heterocycles. The summed E-state index contributed by atoms with van der Waals surface area (Å²) in [6.45, 7) is 0. The number of hydrogen-bond acceptors (Lipinski definition) is 3. The normalized spacial score (nSPS) is 31.0. The molecule has 0 radical (unpaired) electrons. The average molecular weight is 148 g/mol. The van der Waals surface area contributed by atoms with Crippen LogP contribution in [0.1, 0.15) is 0 Å². The van der Waals surface area contributed by atoms with Crippen LogP contribution in [0.3, 0.4) is 0 Å². The minimum Gasteiger partial charge on any atom is -0.376 e. The molecule has 0 spiro atoms. The largest absolute Gasteiger partial charge is 0.376 e. The molecule has 0 bridgehead atoms. The number of hydrogen-bond donors (Lipinski definition) is 0. The van der Waals surface area contributed by atoms with E-state index in [1.54, 1.807) is 6.08 Å². The van der Waals surface area contributed by atoms with Crippen LogP contribution < -0.4 is 0 Å². The van der Waals surface area contributed by atoms with Crippen LogP contribution in [-0.2, 0) is 14.6 Å². The van der Waals surface area contributed by atoms with Gasteiger partial charge in [-0.15, -0.1) is 0 Å². The molecule has 0 aliphatic carbocycles. The third-order valence-corrected chi connectivity index (χ3v) is 2.56. The number of rotatable bonds is 1. The predicted molar refractivity (Wildman–Crippen MR) is 33.7 cm³/mol. The van der Waals surface area contributed by atoms with Crippen molar-refractivity contribution in [3.8, 4) is 0 Å². The van der Waals surface area contributed by atoms with Crippen molar-refractivity contribution in [1.29, 1.82) is 0 Å². The summed E-state index contributed by atoms with van der Waals surface area (Å²) in [4.78, 5) is 0. The average Bonchev–Trinajstić information content (AvgIpc) is 2.10. The second kappa shape index (κ2) is 2.11. The molecule has 0 fully saturated rings. The summed E-state index contributed by atoms with van der Waals surface area (Å²) in [5.41, 5.74) is 0. The highest BCUT2D eigenvalue weighted by molar-refractivity contribution is 7.94. The van der Waals surface area contributed by atoms with Crippen LogP contribution in [0.25, 0.3) is 0 Å². The van der Waals surface area contributed by atoms with Gasteiger partial charge in [-0.1, -0.05) is 0 Å². The first kappa shape index (κ1) is 6.77. The Balaban J connectivity index is 2.72. The molecule has 3 nitrogen and oxygen atoms in total. The van der Waals surface area contributed by atoms with E-state index in [1.807, 2.05) is 0 Å². The minimum absolute atomic E-state index is 0.101. The standard InChI is InChI=1S/C5H8O3S/c1-8-5-2-3-9(6,7)4-5/h2-3,5H,4H2,1H3/t5-/m0/s1. The van der Waals surface area contributed by atoms with Crippen molar-refractivity contribution in [3.05, 3.63) is 11.5 Å². The van der Waals surface area contributed by atoms with Gasteiger partial charge in [0.15, 0.2) is 9.84 Å². The van der Waals surface area contributed by atoms with E-state index in [0.29, 0.717) is 0 Å². The fourth-order valence-electron chi connectivity index (χ4n) is 0.694. The zero-order valence-electron chi connectivity index (χ0n) is 5.07. The second-order valence-electron chi connectivity index (χ2n) is 1.93. The third-order valence-electron chi connectivity index (χ3n) is 1.20. The summed E-state index contributed by atoms with van der Waals surface area (Å²) in [5, 5.41) is 1.20. The number of methoxy groups -OCH3 is 1. The van der Waals surface area contributed by atoms with Gasteiger partial charge in [0.25, 0.3) is 0 Å². The van der Waals surface area contributed by atoms with Gasteiger partial charge in [0.2, 0.25) is 0 Å². The van der Waals surface area contributed by atoms with E-state index in [1.165, 1.54) is 12.5 Å². The van der Waals surface area contributed by atoms with Crippen molar-refractivity contribution in [1.82, 2.24) is 0 Å². The van der Waals surface area contributed by atoms with Gasteiger partial charge in [0, 0.05) is 12.5 Å². The molecule has 0 aromatic carbocycles. The Labute approximate surface area is 54.2 Å². The van der Waals surface area contributed by atoms with Gasteiger partial charge in [-0.2, -0.15) is 0 Å². The molecule has 52 valence electrons. The van der Waals surface area contributed by atoms with Crippen LogP contribution in [0, 0.1) is 0 Å². The van der Waals surface area contributed by atoms with Crippen LogP contribution in [-0.4, -0.2) is 27.4 Å². The lowest BCUT2D eigenvalue weighted by atomic mass is 10.4. The Morgan fingerprint density at radius 3 is 2.56 bits per heavy atom. The van der Waals surface area contributed by atoms with Crippen molar-refractivity contribution in [2.24, 2.45) is 0 Å². The highest BCUT2D eigenvalue weighted by Gasteiger charge is 2.20. The zero-order valence-corrected chi connectivity index (χ0v) is 5.89. The van der Waals surface area contributed by atoms with Crippen LogP contribution in [0.15, 0.2) is 11.5 Å². The molecule has 1 rings (SSSR count). The monoisotopic (exact) mass is 148 g/mol. The summed E-state index contributed by atoms with van der Waals surface area (Å²) >= 11 is 0. The summed E-state index contributed by atoms with van der Waals surface area (Å²) in [7, 11) is -1.42. The molecule has 4 heteroatoms. The first-order chi connectivity index (χ1) is 4.14. The minimum atomic E-state index is -2.91. The molecular formula is C5H8O3S. The molecule has 1 atom stereocenters. The molecule has 0 N–H and O–H groups in total. The van der Waals surface area contributed by atoms with E-state index >= 15 is 0 Å². The van der Waals surface area contributed by atoms with Crippen molar-refractivity contribution in [3.63, 3.8) is 0 Å². The van der Waals surface area contributed by atoms with Gasteiger partial charge in [-0.25, -0.2) is 8.42 Å². The third kappa shape index (κ3) is 1.53. The van der Waals surface area contributed by atoms with Crippen molar-refractivity contribution in [2.45, 2.75) is 6.10 Å². The van der Waals surface area contributed by atoms with Gasteiger partial charge >= 0.3 is 0 Å². The fourth-order valence-corrected chi connectivity index (χ4v) is 1.92. The Morgan fingerprint density at radius 1 is 1.67 bits per heavy atom. The maximum absolute atomic E-state index is 10.6.